The van der Waals surface area contributed by atoms with Crippen molar-refractivity contribution >= 4 is 39.1 Å². The van der Waals surface area contributed by atoms with Gasteiger partial charge in [-0.25, -0.2) is 4.98 Å². The molecule has 0 unspecified atom stereocenters. The van der Waals surface area contributed by atoms with E-state index in [0.717, 1.165) is 58.9 Å². The van der Waals surface area contributed by atoms with Gasteiger partial charge in [-0.2, -0.15) is 0 Å². The van der Waals surface area contributed by atoms with Gasteiger partial charge in [0.1, 0.15) is 0 Å². The normalized spacial score (nSPS) is 11.1. The average molecular weight is 412 g/mol. The molecular formula is C27H29N3O. The highest BCUT2D eigenvalue weighted by Gasteiger charge is 2.09. The molecule has 4 heteroatoms. The van der Waals surface area contributed by atoms with Gasteiger partial charge in [0, 0.05) is 22.9 Å². The van der Waals surface area contributed by atoms with Gasteiger partial charge in [-0.3, -0.25) is 4.79 Å². The first-order chi connectivity index (χ1) is 15.2. The number of rotatable bonds is 10. The number of carbonyl (C=O) groups excluding carboxylic acids is 1. The van der Waals surface area contributed by atoms with Gasteiger partial charge in [0.05, 0.1) is 16.7 Å². The summed E-state index contributed by atoms with van der Waals surface area (Å²) in [5.41, 5.74) is 10.7. The minimum absolute atomic E-state index is 0.193. The van der Waals surface area contributed by atoms with Crippen LogP contribution in [0.15, 0.2) is 72.8 Å². The third kappa shape index (κ3) is 5.40. The molecule has 0 aliphatic carbocycles. The van der Waals surface area contributed by atoms with Crippen LogP contribution in [-0.4, -0.2) is 10.9 Å². The number of pyridine rings is 1. The van der Waals surface area contributed by atoms with Gasteiger partial charge in [0.25, 0.3) is 0 Å². The van der Waals surface area contributed by atoms with E-state index in [-0.39, 0.29) is 5.91 Å². The molecule has 0 bridgehead atoms. The van der Waals surface area contributed by atoms with Gasteiger partial charge in [-0.15, -0.1) is 0 Å². The molecule has 4 aromatic rings. The predicted molar refractivity (Wildman–Crippen MR) is 130 cm³/mol. The lowest BCUT2D eigenvalue weighted by atomic mass is 10.0. The lowest BCUT2D eigenvalue weighted by Crippen LogP contribution is -2.09. The Morgan fingerprint density at radius 2 is 1.32 bits per heavy atom. The third-order valence-corrected chi connectivity index (χ3v) is 5.70. The van der Waals surface area contributed by atoms with Crippen molar-refractivity contribution in [3.63, 3.8) is 0 Å². The summed E-state index contributed by atoms with van der Waals surface area (Å²) < 4.78 is 0. The molecule has 0 aliphatic rings. The predicted octanol–water partition coefficient (Wildman–Crippen LogP) is 6.50. The van der Waals surface area contributed by atoms with Crippen molar-refractivity contribution in [3.8, 4) is 0 Å². The highest BCUT2D eigenvalue weighted by Crippen LogP contribution is 2.33. The fourth-order valence-corrected chi connectivity index (χ4v) is 4.03. The maximum absolute atomic E-state index is 10.8. The zero-order valence-corrected chi connectivity index (χ0v) is 17.8. The minimum atomic E-state index is -0.193. The van der Waals surface area contributed by atoms with Crippen LogP contribution in [-0.2, 0) is 11.2 Å². The summed E-state index contributed by atoms with van der Waals surface area (Å²) >= 11 is 0. The summed E-state index contributed by atoms with van der Waals surface area (Å²) in [4.78, 5) is 15.6. The average Bonchev–Trinajstić information content (AvgIpc) is 2.79. The van der Waals surface area contributed by atoms with Gasteiger partial charge in [-0.05, 0) is 49.1 Å². The number of nitrogens with one attached hydrogen (secondary N) is 1. The Morgan fingerprint density at radius 3 is 1.97 bits per heavy atom. The van der Waals surface area contributed by atoms with E-state index in [4.69, 9.17) is 10.7 Å². The molecule has 31 heavy (non-hydrogen) atoms. The highest BCUT2D eigenvalue weighted by molar-refractivity contribution is 6.08. The van der Waals surface area contributed by atoms with Crippen LogP contribution in [0.25, 0.3) is 21.8 Å². The Bertz CT molecular complexity index is 1110. The van der Waals surface area contributed by atoms with Crippen molar-refractivity contribution in [1.82, 2.24) is 4.98 Å². The Kier molecular flexibility index (Phi) is 6.78. The molecule has 0 fully saturated rings. The molecule has 4 rings (SSSR count). The third-order valence-electron chi connectivity index (χ3n) is 5.70. The lowest BCUT2D eigenvalue weighted by molar-refractivity contribution is -0.118. The number of anilines is 2. The number of aryl methyl sites for hydroxylation is 1. The maximum Gasteiger partial charge on any atom is 0.217 e. The number of nitrogens with zero attached hydrogens (tertiary/aromatic N) is 1. The molecule has 0 saturated carbocycles. The van der Waals surface area contributed by atoms with Crippen LogP contribution in [0.1, 0.15) is 44.1 Å². The smallest absolute Gasteiger partial charge is 0.217 e. The monoisotopic (exact) mass is 411 g/mol. The van der Waals surface area contributed by atoms with Crippen LogP contribution in [0.3, 0.4) is 0 Å². The second-order valence-electron chi connectivity index (χ2n) is 8.08. The molecule has 0 aliphatic heterocycles. The van der Waals surface area contributed by atoms with E-state index < -0.39 is 0 Å². The van der Waals surface area contributed by atoms with E-state index in [0.29, 0.717) is 6.42 Å². The summed E-state index contributed by atoms with van der Waals surface area (Å²) in [7, 11) is 0. The number of hydrogen-bond acceptors (Lipinski definition) is 3. The SMILES string of the molecule is NC(=O)CCCCCCCc1ccc(Nc2c3ccccc3nc3ccccc23)cc1. The van der Waals surface area contributed by atoms with Crippen molar-refractivity contribution in [2.24, 2.45) is 5.73 Å². The van der Waals surface area contributed by atoms with Crippen LogP contribution >= 0.6 is 0 Å². The van der Waals surface area contributed by atoms with E-state index in [1.54, 1.807) is 0 Å². The van der Waals surface area contributed by atoms with E-state index in [9.17, 15) is 4.79 Å². The van der Waals surface area contributed by atoms with Gasteiger partial charge in [0.15, 0.2) is 0 Å². The number of para-hydroxylation sites is 2. The van der Waals surface area contributed by atoms with Gasteiger partial charge >= 0.3 is 0 Å². The first-order valence-electron chi connectivity index (χ1n) is 11.1. The second kappa shape index (κ2) is 10.1. The molecule has 3 N–H and O–H groups in total. The van der Waals surface area contributed by atoms with Crippen LogP contribution in [0.2, 0.25) is 0 Å². The van der Waals surface area contributed by atoms with Crippen molar-refractivity contribution < 1.29 is 4.79 Å². The quantitative estimate of drug-likeness (QED) is 0.231. The number of benzene rings is 3. The molecule has 4 nitrogen and oxygen atoms in total. The molecular weight excluding hydrogens is 382 g/mol. The Labute approximate surface area is 183 Å². The summed E-state index contributed by atoms with van der Waals surface area (Å²) in [5, 5.41) is 5.89. The van der Waals surface area contributed by atoms with E-state index in [1.165, 1.54) is 18.4 Å². The largest absolute Gasteiger partial charge is 0.370 e. The van der Waals surface area contributed by atoms with Gasteiger partial charge < -0.3 is 11.1 Å². The number of carbonyl (C=O) groups is 1. The summed E-state index contributed by atoms with van der Waals surface area (Å²) in [6, 6.07) is 25.3. The van der Waals surface area contributed by atoms with Crippen molar-refractivity contribution in [2.75, 3.05) is 5.32 Å². The van der Waals surface area contributed by atoms with E-state index in [2.05, 4.69) is 66.0 Å². The Hall–Kier alpha value is -3.40. The topological polar surface area (TPSA) is 68.0 Å². The standard InChI is InChI=1S/C27H29N3O/c28-26(31)15-5-3-1-2-4-10-20-16-18-21(19-17-20)29-27-22-11-6-8-13-24(22)30-25-14-9-7-12-23(25)27/h6-9,11-14,16-19H,1-5,10,15H2,(H2,28,31)(H,29,30). The van der Waals surface area contributed by atoms with E-state index >= 15 is 0 Å². The zero-order valence-electron chi connectivity index (χ0n) is 17.8. The summed E-state index contributed by atoms with van der Waals surface area (Å²) in [6.45, 7) is 0. The maximum atomic E-state index is 10.8. The molecule has 0 saturated heterocycles. The summed E-state index contributed by atoms with van der Waals surface area (Å²) in [6.07, 6.45) is 7.10. The Balaban J connectivity index is 1.40. The van der Waals surface area contributed by atoms with Crippen LogP contribution in [0.5, 0.6) is 0 Å². The van der Waals surface area contributed by atoms with Crippen LogP contribution in [0.4, 0.5) is 11.4 Å². The number of nitrogens with two attached hydrogens (primary N) is 1. The fourth-order valence-electron chi connectivity index (χ4n) is 4.03. The number of hydrogen-bond donors (Lipinski definition) is 2. The van der Waals surface area contributed by atoms with Crippen molar-refractivity contribution in [3.05, 3.63) is 78.4 Å². The molecule has 0 spiro atoms. The zero-order chi connectivity index (χ0) is 21.5. The lowest BCUT2D eigenvalue weighted by Gasteiger charge is -2.13. The second-order valence-corrected chi connectivity index (χ2v) is 8.08. The fraction of sp³-hybridized carbons (Fsp3) is 0.259. The molecule has 158 valence electrons. The molecule has 3 aromatic carbocycles. The number of unbranched alkanes of at least 4 members (excludes halogenated alkanes) is 4. The number of amides is 1. The first kappa shape index (κ1) is 20.9. The number of fused-ring (bicyclic) bond motifs is 2. The molecule has 1 heterocycles. The van der Waals surface area contributed by atoms with Crippen LogP contribution < -0.4 is 11.1 Å². The van der Waals surface area contributed by atoms with Crippen LogP contribution in [0, 0.1) is 0 Å². The molecule has 1 amide bonds. The van der Waals surface area contributed by atoms with E-state index in [1.807, 2.05) is 12.1 Å². The summed E-state index contributed by atoms with van der Waals surface area (Å²) in [5.74, 6) is -0.193. The van der Waals surface area contributed by atoms with Gasteiger partial charge in [-0.1, -0.05) is 67.8 Å². The van der Waals surface area contributed by atoms with Crippen molar-refractivity contribution in [1.29, 1.82) is 0 Å². The molecule has 0 atom stereocenters. The minimum Gasteiger partial charge on any atom is -0.370 e. The Morgan fingerprint density at radius 1 is 0.742 bits per heavy atom. The molecule has 1 aromatic heterocycles. The first-order valence-corrected chi connectivity index (χ1v) is 11.1. The number of aromatic nitrogens is 1. The molecule has 0 radical (unpaired) electrons. The number of primary amides is 1. The highest BCUT2D eigenvalue weighted by atomic mass is 16.1. The van der Waals surface area contributed by atoms with Crippen molar-refractivity contribution in [2.45, 2.75) is 44.9 Å². The van der Waals surface area contributed by atoms with Gasteiger partial charge in [0.2, 0.25) is 5.91 Å².